The summed E-state index contributed by atoms with van der Waals surface area (Å²) in [5.74, 6) is 0.111. The van der Waals surface area contributed by atoms with Crippen molar-refractivity contribution in [2.75, 3.05) is 6.61 Å². The molecule has 0 spiro atoms. The van der Waals surface area contributed by atoms with Crippen LogP contribution < -0.4 is 10.6 Å². The molecule has 0 radical (unpaired) electrons. The van der Waals surface area contributed by atoms with Gasteiger partial charge in [-0.3, -0.25) is 0 Å². The summed E-state index contributed by atoms with van der Waals surface area (Å²) in [7, 11) is 0. The van der Waals surface area contributed by atoms with Crippen molar-refractivity contribution in [3.8, 4) is 0 Å². The summed E-state index contributed by atoms with van der Waals surface area (Å²) in [6.45, 7) is 4.00. The number of halogens is 1. The first-order chi connectivity index (χ1) is 9.99. The minimum absolute atomic E-state index is 0.0819. The molecule has 3 N–H and O–H groups in total. The van der Waals surface area contributed by atoms with E-state index >= 15 is 0 Å². The molecular formula is C16H23FN2O2. The molecule has 4 nitrogen and oxygen atoms in total. The molecule has 21 heavy (non-hydrogen) atoms. The number of aliphatic hydroxyl groups excluding tert-OH is 1. The van der Waals surface area contributed by atoms with Crippen LogP contribution in [0.25, 0.3) is 0 Å². The predicted octanol–water partition coefficient (Wildman–Crippen LogP) is 2.52. The van der Waals surface area contributed by atoms with Crippen LogP contribution in [-0.2, 0) is 6.42 Å². The van der Waals surface area contributed by atoms with Crippen LogP contribution in [0, 0.1) is 11.7 Å². The summed E-state index contributed by atoms with van der Waals surface area (Å²) in [6, 6.07) is 4.00. The van der Waals surface area contributed by atoms with E-state index in [4.69, 9.17) is 0 Å². The molecule has 116 valence electrons. The Morgan fingerprint density at radius 2 is 2.24 bits per heavy atom. The molecule has 0 saturated heterocycles. The highest BCUT2D eigenvalue weighted by Crippen LogP contribution is 2.31. The summed E-state index contributed by atoms with van der Waals surface area (Å²) >= 11 is 0. The van der Waals surface area contributed by atoms with Crippen molar-refractivity contribution in [1.29, 1.82) is 0 Å². The van der Waals surface area contributed by atoms with Gasteiger partial charge in [0.1, 0.15) is 5.82 Å². The minimum atomic E-state index is -0.309. The van der Waals surface area contributed by atoms with Gasteiger partial charge in [-0.15, -0.1) is 0 Å². The molecular weight excluding hydrogens is 271 g/mol. The van der Waals surface area contributed by atoms with Crippen LogP contribution in [0.3, 0.4) is 0 Å². The molecule has 0 bridgehead atoms. The summed E-state index contributed by atoms with van der Waals surface area (Å²) in [4.78, 5) is 12.0. The van der Waals surface area contributed by atoms with Gasteiger partial charge < -0.3 is 15.7 Å². The van der Waals surface area contributed by atoms with Crippen LogP contribution in [0.15, 0.2) is 18.2 Å². The van der Waals surface area contributed by atoms with E-state index in [1.807, 2.05) is 13.8 Å². The zero-order chi connectivity index (χ0) is 15.4. The van der Waals surface area contributed by atoms with Crippen molar-refractivity contribution in [1.82, 2.24) is 10.6 Å². The molecule has 2 atom stereocenters. The molecule has 0 fully saturated rings. The van der Waals surface area contributed by atoms with E-state index in [1.165, 1.54) is 12.1 Å². The van der Waals surface area contributed by atoms with Gasteiger partial charge in [0.05, 0.1) is 18.7 Å². The fourth-order valence-corrected chi connectivity index (χ4v) is 2.86. The van der Waals surface area contributed by atoms with Gasteiger partial charge in [-0.2, -0.15) is 0 Å². The second kappa shape index (κ2) is 6.89. The largest absolute Gasteiger partial charge is 0.394 e. The minimum Gasteiger partial charge on any atom is -0.394 e. The third kappa shape index (κ3) is 4.17. The average Bonchev–Trinajstić information content (AvgIpc) is 2.80. The quantitative estimate of drug-likeness (QED) is 0.781. The fraction of sp³-hybridized carbons (Fsp3) is 0.562. The first-order valence-corrected chi connectivity index (χ1v) is 7.45. The Bertz CT molecular complexity index is 505. The second-order valence-electron chi connectivity index (χ2n) is 6.06. The van der Waals surface area contributed by atoms with Gasteiger partial charge in [0, 0.05) is 0 Å². The molecule has 1 aromatic carbocycles. The number of hydrogen-bond acceptors (Lipinski definition) is 2. The lowest BCUT2D eigenvalue weighted by molar-refractivity contribution is 0.204. The Balaban J connectivity index is 1.94. The van der Waals surface area contributed by atoms with Gasteiger partial charge in [0.25, 0.3) is 0 Å². The predicted molar refractivity (Wildman–Crippen MR) is 79.5 cm³/mol. The first-order valence-electron chi connectivity index (χ1n) is 7.45. The molecule has 0 heterocycles. The van der Waals surface area contributed by atoms with E-state index in [-0.39, 0.29) is 30.5 Å². The molecule has 1 aromatic rings. The number of urea groups is 1. The lowest BCUT2D eigenvalue weighted by atomic mass is 10.0. The normalized spacial score (nSPS) is 18.4. The average molecular weight is 294 g/mol. The summed E-state index contributed by atoms with van der Waals surface area (Å²) in [6.07, 6.45) is 2.34. The molecule has 0 aromatic heterocycles. The van der Waals surface area contributed by atoms with Gasteiger partial charge in [-0.1, -0.05) is 19.9 Å². The van der Waals surface area contributed by atoms with Gasteiger partial charge in [-0.25, -0.2) is 9.18 Å². The van der Waals surface area contributed by atoms with E-state index in [0.29, 0.717) is 5.92 Å². The van der Waals surface area contributed by atoms with Crippen molar-refractivity contribution in [2.45, 2.75) is 45.2 Å². The van der Waals surface area contributed by atoms with Crippen LogP contribution in [0.4, 0.5) is 9.18 Å². The number of nitrogens with one attached hydrogen (secondary N) is 2. The highest BCUT2D eigenvalue weighted by atomic mass is 19.1. The van der Waals surface area contributed by atoms with Crippen LogP contribution in [0.2, 0.25) is 0 Å². The Kier molecular flexibility index (Phi) is 5.17. The first kappa shape index (κ1) is 15.8. The Morgan fingerprint density at radius 3 is 2.90 bits per heavy atom. The number of carbonyl (C=O) groups excluding carboxylic acids is 1. The van der Waals surface area contributed by atoms with E-state index in [0.717, 1.165) is 30.4 Å². The third-order valence-corrected chi connectivity index (χ3v) is 3.80. The molecule has 1 aliphatic rings. The Labute approximate surface area is 124 Å². The number of benzene rings is 1. The monoisotopic (exact) mass is 294 g/mol. The van der Waals surface area contributed by atoms with Crippen molar-refractivity contribution < 1.29 is 14.3 Å². The zero-order valence-corrected chi connectivity index (χ0v) is 12.5. The SMILES string of the molecule is CC(C)CC(CO)NC(=O)NC1CCc2ccc(F)cc21. The summed E-state index contributed by atoms with van der Waals surface area (Å²) in [5, 5.41) is 14.9. The lowest BCUT2D eigenvalue weighted by Gasteiger charge is -2.21. The van der Waals surface area contributed by atoms with Gasteiger partial charge in [0.15, 0.2) is 0 Å². The molecule has 0 saturated carbocycles. The highest BCUT2D eigenvalue weighted by molar-refractivity contribution is 5.75. The number of hydrogen-bond donors (Lipinski definition) is 3. The van der Waals surface area contributed by atoms with Crippen molar-refractivity contribution >= 4 is 6.03 Å². The Hall–Kier alpha value is -1.62. The number of amides is 2. The third-order valence-electron chi connectivity index (χ3n) is 3.80. The molecule has 0 aliphatic heterocycles. The zero-order valence-electron chi connectivity index (χ0n) is 12.5. The van der Waals surface area contributed by atoms with Gasteiger partial charge in [-0.05, 0) is 48.4 Å². The van der Waals surface area contributed by atoms with Crippen molar-refractivity contribution in [3.05, 3.63) is 35.1 Å². The van der Waals surface area contributed by atoms with Crippen molar-refractivity contribution in [2.24, 2.45) is 5.92 Å². The maximum atomic E-state index is 13.3. The topological polar surface area (TPSA) is 61.4 Å². The standard InChI is InChI=1S/C16H23FN2O2/c1-10(2)7-13(9-20)18-16(21)19-15-6-4-11-3-5-12(17)8-14(11)15/h3,5,8,10,13,15,20H,4,6-7,9H2,1-2H3,(H2,18,19,21). The molecule has 2 amide bonds. The summed E-state index contributed by atoms with van der Waals surface area (Å²) in [5.41, 5.74) is 1.94. The number of fused-ring (bicyclic) bond motifs is 1. The Morgan fingerprint density at radius 1 is 1.48 bits per heavy atom. The van der Waals surface area contributed by atoms with Crippen LogP contribution >= 0.6 is 0 Å². The van der Waals surface area contributed by atoms with E-state index < -0.39 is 0 Å². The number of carbonyl (C=O) groups is 1. The van der Waals surface area contributed by atoms with Gasteiger partial charge in [0.2, 0.25) is 0 Å². The molecule has 5 heteroatoms. The van der Waals surface area contributed by atoms with E-state index in [9.17, 15) is 14.3 Å². The summed E-state index contributed by atoms with van der Waals surface area (Å²) < 4.78 is 13.3. The van der Waals surface area contributed by atoms with Crippen LogP contribution in [-0.4, -0.2) is 23.8 Å². The molecule has 2 rings (SSSR count). The number of aryl methyl sites for hydroxylation is 1. The lowest BCUT2D eigenvalue weighted by Crippen LogP contribution is -2.45. The number of aliphatic hydroxyl groups is 1. The van der Waals surface area contributed by atoms with Crippen molar-refractivity contribution in [3.63, 3.8) is 0 Å². The van der Waals surface area contributed by atoms with E-state index in [1.54, 1.807) is 6.07 Å². The maximum absolute atomic E-state index is 13.3. The van der Waals surface area contributed by atoms with Crippen LogP contribution in [0.5, 0.6) is 0 Å². The van der Waals surface area contributed by atoms with Gasteiger partial charge >= 0.3 is 6.03 Å². The molecule has 1 aliphatic carbocycles. The maximum Gasteiger partial charge on any atom is 0.315 e. The van der Waals surface area contributed by atoms with E-state index in [2.05, 4.69) is 10.6 Å². The highest BCUT2D eigenvalue weighted by Gasteiger charge is 2.25. The second-order valence-corrected chi connectivity index (χ2v) is 6.06. The smallest absolute Gasteiger partial charge is 0.315 e. The number of rotatable bonds is 5. The molecule has 2 unspecified atom stereocenters. The fourth-order valence-electron chi connectivity index (χ4n) is 2.86. The van der Waals surface area contributed by atoms with Crippen LogP contribution in [0.1, 0.15) is 43.9 Å².